The first kappa shape index (κ1) is 16.4. The van der Waals surface area contributed by atoms with Crippen LogP contribution in [0.5, 0.6) is 0 Å². The number of para-hydroxylation sites is 1. The summed E-state index contributed by atoms with van der Waals surface area (Å²) in [5, 5.41) is 10.8. The lowest BCUT2D eigenvalue weighted by Crippen LogP contribution is -2.26. The number of hydrogen-bond acceptors (Lipinski definition) is 5. The molecule has 26 heavy (non-hydrogen) atoms. The van der Waals surface area contributed by atoms with Crippen LogP contribution in [-0.4, -0.2) is 37.4 Å². The molecule has 0 saturated heterocycles. The number of fused-ring (bicyclic) bond motifs is 1. The Labute approximate surface area is 151 Å². The lowest BCUT2D eigenvalue weighted by Gasteiger charge is -2.07. The lowest BCUT2D eigenvalue weighted by molar-refractivity contribution is 0.0949. The Morgan fingerprint density at radius 1 is 1.19 bits per heavy atom. The van der Waals surface area contributed by atoms with E-state index in [1.54, 1.807) is 10.9 Å². The fourth-order valence-corrected chi connectivity index (χ4v) is 3.25. The van der Waals surface area contributed by atoms with Gasteiger partial charge in [0, 0.05) is 24.4 Å². The molecule has 3 aromatic rings. The van der Waals surface area contributed by atoms with Crippen molar-refractivity contribution in [2.24, 2.45) is 0 Å². The average Bonchev–Trinajstić information content (AvgIpc) is 3.32. The zero-order valence-electron chi connectivity index (χ0n) is 14.6. The van der Waals surface area contributed by atoms with E-state index in [4.69, 9.17) is 0 Å². The van der Waals surface area contributed by atoms with E-state index in [0.29, 0.717) is 18.7 Å². The van der Waals surface area contributed by atoms with Crippen molar-refractivity contribution in [2.45, 2.75) is 32.6 Å². The molecule has 1 aromatic carbocycles. The number of amides is 1. The van der Waals surface area contributed by atoms with E-state index in [1.165, 1.54) is 11.3 Å². The van der Waals surface area contributed by atoms with Gasteiger partial charge >= 0.3 is 0 Å². The van der Waals surface area contributed by atoms with Gasteiger partial charge in [-0.3, -0.25) is 4.79 Å². The fourth-order valence-electron chi connectivity index (χ4n) is 3.25. The van der Waals surface area contributed by atoms with E-state index in [9.17, 15) is 4.79 Å². The van der Waals surface area contributed by atoms with E-state index in [2.05, 4.69) is 25.6 Å². The minimum Gasteiger partial charge on any atom is -0.350 e. The molecular weight excluding hydrogens is 328 g/mol. The van der Waals surface area contributed by atoms with E-state index < -0.39 is 0 Å². The van der Waals surface area contributed by atoms with Crippen LogP contribution in [0.3, 0.4) is 0 Å². The van der Waals surface area contributed by atoms with Gasteiger partial charge in [0.2, 0.25) is 0 Å². The van der Waals surface area contributed by atoms with Crippen molar-refractivity contribution in [3.63, 3.8) is 0 Å². The second kappa shape index (κ2) is 7.03. The molecule has 1 aliphatic rings. The number of carbonyl (C=O) groups is 1. The lowest BCUT2D eigenvalue weighted by atomic mass is 10.2. The molecule has 0 atom stereocenters. The molecule has 7 heteroatoms. The number of nitrogens with one attached hydrogen (secondary N) is 1. The van der Waals surface area contributed by atoms with Crippen LogP contribution in [0.4, 0.5) is 0 Å². The summed E-state index contributed by atoms with van der Waals surface area (Å²) in [5.41, 5.74) is 4.69. The molecule has 2 aromatic heterocycles. The molecule has 0 saturated carbocycles. The summed E-state index contributed by atoms with van der Waals surface area (Å²) in [7, 11) is 0. The van der Waals surface area contributed by atoms with Crippen LogP contribution in [0.2, 0.25) is 0 Å². The van der Waals surface area contributed by atoms with Crippen molar-refractivity contribution >= 4 is 5.91 Å². The second-order valence-corrected chi connectivity index (χ2v) is 6.39. The van der Waals surface area contributed by atoms with Gasteiger partial charge < -0.3 is 5.32 Å². The molecule has 0 bridgehead atoms. The summed E-state index contributed by atoms with van der Waals surface area (Å²) in [6, 6.07) is 9.56. The molecule has 1 N–H and O–H groups in total. The highest BCUT2D eigenvalue weighted by atomic mass is 16.2. The van der Waals surface area contributed by atoms with Gasteiger partial charge in [0.1, 0.15) is 5.82 Å². The number of rotatable bonds is 5. The van der Waals surface area contributed by atoms with Crippen LogP contribution in [0, 0.1) is 6.92 Å². The Hall–Kier alpha value is -3.09. The molecule has 0 unspecified atom stereocenters. The maximum atomic E-state index is 12.3. The molecule has 0 spiro atoms. The summed E-state index contributed by atoms with van der Waals surface area (Å²) in [6.45, 7) is 2.51. The Kier molecular flexibility index (Phi) is 4.43. The Morgan fingerprint density at radius 2 is 2.04 bits per heavy atom. The van der Waals surface area contributed by atoms with Gasteiger partial charge in [0.15, 0.2) is 5.69 Å². The summed E-state index contributed by atoms with van der Waals surface area (Å²) >= 11 is 0. The van der Waals surface area contributed by atoms with E-state index in [-0.39, 0.29) is 5.91 Å². The molecule has 0 radical (unpaired) electrons. The second-order valence-electron chi connectivity index (χ2n) is 6.39. The van der Waals surface area contributed by atoms with Gasteiger partial charge in [0.05, 0.1) is 11.9 Å². The van der Waals surface area contributed by atoms with Gasteiger partial charge in [0.25, 0.3) is 5.91 Å². The highest BCUT2D eigenvalue weighted by molar-refractivity contribution is 5.91. The van der Waals surface area contributed by atoms with Crippen LogP contribution in [0.15, 0.2) is 36.5 Å². The maximum Gasteiger partial charge on any atom is 0.273 e. The first-order valence-corrected chi connectivity index (χ1v) is 8.82. The van der Waals surface area contributed by atoms with Gasteiger partial charge in [-0.2, -0.15) is 0 Å². The molecular formula is C19H20N6O. The Balaban J connectivity index is 1.36. The summed E-state index contributed by atoms with van der Waals surface area (Å²) in [6.07, 6.45) is 5.49. The zero-order valence-corrected chi connectivity index (χ0v) is 14.6. The highest BCUT2D eigenvalue weighted by Gasteiger charge is 2.17. The number of hydrogen-bond donors (Lipinski definition) is 1. The average molecular weight is 348 g/mol. The van der Waals surface area contributed by atoms with E-state index in [1.807, 2.05) is 37.3 Å². The minimum absolute atomic E-state index is 0.245. The molecule has 1 amide bonds. The van der Waals surface area contributed by atoms with E-state index in [0.717, 1.165) is 36.5 Å². The number of nitrogens with zero attached hydrogens (tertiary/aromatic N) is 5. The number of aryl methyl sites for hydroxylation is 2. The molecule has 132 valence electrons. The molecule has 4 rings (SSSR count). The van der Waals surface area contributed by atoms with Gasteiger partial charge in [-0.15, -0.1) is 5.10 Å². The fraction of sp³-hybridized carbons (Fsp3) is 0.316. The predicted octanol–water partition coefficient (Wildman–Crippen LogP) is 1.83. The van der Waals surface area contributed by atoms with Crippen molar-refractivity contribution in [1.82, 2.24) is 30.3 Å². The van der Waals surface area contributed by atoms with Crippen molar-refractivity contribution in [3.8, 4) is 5.69 Å². The normalized spacial score (nSPS) is 12.8. The van der Waals surface area contributed by atoms with Crippen LogP contribution in [0.1, 0.15) is 39.7 Å². The first-order chi connectivity index (χ1) is 12.7. The van der Waals surface area contributed by atoms with Crippen molar-refractivity contribution in [1.29, 1.82) is 0 Å². The third kappa shape index (κ3) is 3.33. The third-order valence-electron chi connectivity index (χ3n) is 4.57. The van der Waals surface area contributed by atoms with Crippen molar-refractivity contribution in [3.05, 3.63) is 65.0 Å². The molecule has 1 aliphatic carbocycles. The number of benzene rings is 1. The monoisotopic (exact) mass is 348 g/mol. The quantitative estimate of drug-likeness (QED) is 0.760. The van der Waals surface area contributed by atoms with Gasteiger partial charge in [-0.1, -0.05) is 23.4 Å². The molecule has 0 aliphatic heterocycles. The third-order valence-corrected chi connectivity index (χ3v) is 4.57. The predicted molar refractivity (Wildman–Crippen MR) is 96.2 cm³/mol. The Bertz CT molecular complexity index is 934. The van der Waals surface area contributed by atoms with Gasteiger partial charge in [-0.05, 0) is 43.9 Å². The summed E-state index contributed by atoms with van der Waals surface area (Å²) < 4.78 is 1.59. The number of aromatic nitrogens is 5. The standard InChI is InChI=1S/C19H20N6O/c1-13-15-8-5-9-16(15)22-18(21-13)10-11-20-19(26)17-12-25(24-23-17)14-6-3-2-4-7-14/h2-4,6-7,12H,5,8-11H2,1H3,(H,20,26). The maximum absolute atomic E-state index is 12.3. The Morgan fingerprint density at radius 3 is 2.88 bits per heavy atom. The zero-order chi connectivity index (χ0) is 17.9. The van der Waals surface area contributed by atoms with Crippen molar-refractivity contribution in [2.75, 3.05) is 6.54 Å². The van der Waals surface area contributed by atoms with Crippen LogP contribution >= 0.6 is 0 Å². The van der Waals surface area contributed by atoms with Crippen LogP contribution < -0.4 is 5.32 Å². The molecule has 0 fully saturated rings. The van der Waals surface area contributed by atoms with E-state index >= 15 is 0 Å². The molecule has 7 nitrogen and oxygen atoms in total. The topological polar surface area (TPSA) is 85.6 Å². The SMILES string of the molecule is Cc1nc(CCNC(=O)c2cn(-c3ccccc3)nn2)nc2c1CCC2. The summed E-state index contributed by atoms with van der Waals surface area (Å²) in [5.74, 6) is 0.543. The largest absolute Gasteiger partial charge is 0.350 e. The highest BCUT2D eigenvalue weighted by Crippen LogP contribution is 2.22. The van der Waals surface area contributed by atoms with Gasteiger partial charge in [-0.25, -0.2) is 14.6 Å². The molecule has 2 heterocycles. The van der Waals surface area contributed by atoms with Crippen LogP contribution in [0.25, 0.3) is 5.69 Å². The van der Waals surface area contributed by atoms with Crippen molar-refractivity contribution < 1.29 is 4.79 Å². The number of carbonyl (C=O) groups excluding carboxylic acids is 1. The first-order valence-electron chi connectivity index (χ1n) is 8.82. The minimum atomic E-state index is -0.245. The summed E-state index contributed by atoms with van der Waals surface area (Å²) in [4.78, 5) is 21.5. The smallest absolute Gasteiger partial charge is 0.273 e. The van der Waals surface area contributed by atoms with Crippen LogP contribution in [-0.2, 0) is 19.3 Å².